The van der Waals surface area contributed by atoms with Crippen LogP contribution in [-0.2, 0) is 5.72 Å². The molecule has 1 radical (unpaired) electrons. The van der Waals surface area contributed by atoms with E-state index in [2.05, 4.69) is 11.9 Å². The Bertz CT molecular complexity index is 173. The maximum atomic E-state index is 9.19. The van der Waals surface area contributed by atoms with Crippen molar-refractivity contribution in [1.82, 2.24) is 9.55 Å². The maximum Gasteiger partial charge on any atom is 0.139 e. The maximum absolute atomic E-state index is 9.19. The van der Waals surface area contributed by atoms with Crippen LogP contribution >= 0.6 is 0 Å². The number of hydrogen-bond acceptors (Lipinski definition) is 2. The van der Waals surface area contributed by atoms with E-state index in [1.165, 1.54) is 10.9 Å². The Morgan fingerprint density at radius 3 is 2.67 bits per heavy atom. The Morgan fingerprint density at radius 2 is 2.44 bits per heavy atom. The van der Waals surface area contributed by atoms with Crippen LogP contribution in [0.2, 0.25) is 0 Å². The lowest BCUT2D eigenvalue weighted by Gasteiger charge is -2.17. The molecular weight excluding hydrogens is 116 g/mol. The summed E-state index contributed by atoms with van der Waals surface area (Å²) in [6, 6.07) is 0. The van der Waals surface area contributed by atoms with Crippen molar-refractivity contribution in [2.24, 2.45) is 0 Å². The van der Waals surface area contributed by atoms with E-state index in [0.29, 0.717) is 0 Å². The van der Waals surface area contributed by atoms with Gasteiger partial charge >= 0.3 is 0 Å². The monoisotopic (exact) mass is 125 g/mol. The lowest BCUT2D eigenvalue weighted by molar-refractivity contribution is 0.0305. The van der Waals surface area contributed by atoms with Gasteiger partial charge in [0.15, 0.2) is 0 Å². The summed E-state index contributed by atoms with van der Waals surface area (Å²) in [6.07, 6.45) is 4.78. The van der Waals surface area contributed by atoms with E-state index in [1.807, 2.05) is 0 Å². The number of aliphatic hydroxyl groups is 1. The molecule has 0 saturated heterocycles. The Hall–Kier alpha value is -0.830. The number of hydrogen-bond donors (Lipinski definition) is 1. The van der Waals surface area contributed by atoms with E-state index in [9.17, 15) is 5.11 Å². The van der Waals surface area contributed by atoms with Gasteiger partial charge in [-0.05, 0) is 13.8 Å². The molecular formula is C6H9N2O. The van der Waals surface area contributed by atoms with Gasteiger partial charge in [0.1, 0.15) is 5.72 Å². The van der Waals surface area contributed by atoms with Crippen molar-refractivity contribution in [3.8, 4) is 0 Å². The van der Waals surface area contributed by atoms with Crippen molar-refractivity contribution in [2.45, 2.75) is 12.6 Å². The SMILES string of the molecule is [CH2]C(C)(O)n1ccnc1. The van der Waals surface area contributed by atoms with Gasteiger partial charge in [0.2, 0.25) is 0 Å². The molecule has 1 unspecified atom stereocenters. The first-order valence-corrected chi connectivity index (χ1v) is 2.67. The fraction of sp³-hybridized carbons (Fsp3) is 0.333. The lowest BCUT2D eigenvalue weighted by atomic mass is 10.3. The first kappa shape index (κ1) is 6.29. The zero-order valence-electron chi connectivity index (χ0n) is 5.28. The molecule has 0 aliphatic carbocycles. The summed E-state index contributed by atoms with van der Waals surface area (Å²) < 4.78 is 1.52. The van der Waals surface area contributed by atoms with E-state index in [1.54, 1.807) is 19.3 Å². The van der Waals surface area contributed by atoms with Gasteiger partial charge in [-0.25, -0.2) is 4.98 Å². The van der Waals surface area contributed by atoms with E-state index < -0.39 is 5.72 Å². The van der Waals surface area contributed by atoms with Crippen LogP contribution in [0.15, 0.2) is 18.7 Å². The van der Waals surface area contributed by atoms with Gasteiger partial charge in [-0.2, -0.15) is 0 Å². The van der Waals surface area contributed by atoms with Crippen molar-refractivity contribution in [2.75, 3.05) is 0 Å². The molecule has 1 N–H and O–H groups in total. The molecule has 3 heteroatoms. The number of nitrogens with zero attached hydrogens (tertiary/aromatic N) is 2. The number of imidazole rings is 1. The summed E-state index contributed by atoms with van der Waals surface area (Å²) in [5.74, 6) is 0. The minimum absolute atomic E-state index is 1.07. The summed E-state index contributed by atoms with van der Waals surface area (Å²) >= 11 is 0. The van der Waals surface area contributed by atoms with Crippen molar-refractivity contribution in [1.29, 1.82) is 0 Å². The first-order valence-electron chi connectivity index (χ1n) is 2.67. The van der Waals surface area contributed by atoms with Gasteiger partial charge in [-0.15, -0.1) is 0 Å². The first-order chi connectivity index (χ1) is 4.11. The van der Waals surface area contributed by atoms with Crippen LogP contribution in [0.3, 0.4) is 0 Å². The molecule has 1 rings (SSSR count). The smallest absolute Gasteiger partial charge is 0.139 e. The van der Waals surface area contributed by atoms with E-state index in [4.69, 9.17) is 0 Å². The van der Waals surface area contributed by atoms with Gasteiger partial charge < -0.3 is 9.67 Å². The highest BCUT2D eigenvalue weighted by atomic mass is 16.3. The third kappa shape index (κ3) is 1.29. The minimum atomic E-state index is -1.07. The summed E-state index contributed by atoms with van der Waals surface area (Å²) in [7, 11) is 0. The average Bonchev–Trinajstić information content (AvgIpc) is 2.08. The van der Waals surface area contributed by atoms with Crippen LogP contribution in [0.5, 0.6) is 0 Å². The van der Waals surface area contributed by atoms with Crippen LogP contribution in [0.1, 0.15) is 6.92 Å². The zero-order valence-corrected chi connectivity index (χ0v) is 5.28. The van der Waals surface area contributed by atoms with Crippen LogP contribution in [0, 0.1) is 6.92 Å². The topological polar surface area (TPSA) is 38.0 Å². The summed E-state index contributed by atoms with van der Waals surface area (Å²) in [5, 5.41) is 9.19. The molecule has 1 heterocycles. The molecule has 0 fully saturated rings. The molecule has 0 amide bonds. The van der Waals surface area contributed by atoms with Crippen molar-refractivity contribution in [3.63, 3.8) is 0 Å². The second kappa shape index (κ2) is 1.84. The van der Waals surface area contributed by atoms with Crippen LogP contribution in [0.25, 0.3) is 0 Å². The second-order valence-electron chi connectivity index (χ2n) is 2.19. The average molecular weight is 125 g/mol. The summed E-state index contributed by atoms with van der Waals surface area (Å²) in [6.45, 7) is 5.08. The van der Waals surface area contributed by atoms with E-state index in [0.717, 1.165) is 0 Å². The number of rotatable bonds is 1. The van der Waals surface area contributed by atoms with Gasteiger partial charge in [0, 0.05) is 12.4 Å². The van der Waals surface area contributed by atoms with Crippen molar-refractivity contribution < 1.29 is 5.11 Å². The second-order valence-corrected chi connectivity index (χ2v) is 2.19. The molecule has 0 saturated carbocycles. The highest BCUT2D eigenvalue weighted by Crippen LogP contribution is 2.06. The third-order valence-electron chi connectivity index (χ3n) is 1.06. The van der Waals surface area contributed by atoms with Crippen molar-refractivity contribution in [3.05, 3.63) is 25.6 Å². The third-order valence-corrected chi connectivity index (χ3v) is 1.06. The lowest BCUT2D eigenvalue weighted by Crippen LogP contribution is -2.23. The normalized spacial score (nSPS) is 11.9. The van der Waals surface area contributed by atoms with Gasteiger partial charge in [0.25, 0.3) is 0 Å². The summed E-state index contributed by atoms with van der Waals surface area (Å²) in [5.41, 5.74) is -1.07. The van der Waals surface area contributed by atoms with Crippen molar-refractivity contribution >= 4 is 0 Å². The molecule has 0 spiro atoms. The van der Waals surface area contributed by atoms with Gasteiger partial charge in [0.05, 0.1) is 6.33 Å². The summed E-state index contributed by atoms with van der Waals surface area (Å²) in [4.78, 5) is 3.75. The highest BCUT2D eigenvalue weighted by Gasteiger charge is 2.12. The quantitative estimate of drug-likeness (QED) is 0.589. The molecule has 1 aromatic rings. The molecule has 0 aliphatic rings. The van der Waals surface area contributed by atoms with Crippen LogP contribution in [0.4, 0.5) is 0 Å². The fourth-order valence-electron chi connectivity index (χ4n) is 0.544. The Kier molecular flexibility index (Phi) is 1.29. The molecule has 9 heavy (non-hydrogen) atoms. The molecule has 3 nitrogen and oxygen atoms in total. The molecule has 0 bridgehead atoms. The van der Waals surface area contributed by atoms with Crippen LogP contribution in [-0.4, -0.2) is 14.7 Å². The Balaban J connectivity index is 2.90. The van der Waals surface area contributed by atoms with Crippen LogP contribution < -0.4 is 0 Å². The largest absolute Gasteiger partial charge is 0.371 e. The molecule has 0 aromatic carbocycles. The Labute approximate surface area is 54.0 Å². The van der Waals surface area contributed by atoms with Gasteiger partial charge in [-0.3, -0.25) is 0 Å². The number of aromatic nitrogens is 2. The minimum Gasteiger partial charge on any atom is -0.371 e. The predicted octanol–water partition coefficient (Wildman–Crippen LogP) is 0.382. The Morgan fingerprint density at radius 1 is 1.78 bits per heavy atom. The molecule has 49 valence electrons. The molecule has 1 aromatic heterocycles. The van der Waals surface area contributed by atoms with E-state index in [-0.39, 0.29) is 0 Å². The predicted molar refractivity (Wildman–Crippen MR) is 33.5 cm³/mol. The van der Waals surface area contributed by atoms with E-state index >= 15 is 0 Å². The fourth-order valence-corrected chi connectivity index (χ4v) is 0.544. The highest BCUT2D eigenvalue weighted by molar-refractivity contribution is 4.83. The van der Waals surface area contributed by atoms with Gasteiger partial charge in [-0.1, -0.05) is 0 Å². The standard InChI is InChI=1S/C6H9N2O/c1-6(2,9)8-4-3-7-5-8/h3-5,9H,1H2,2H3. The molecule has 0 aliphatic heterocycles. The molecule has 1 atom stereocenters. The zero-order chi connectivity index (χ0) is 6.91.